The molecule has 5 rings (SSSR count). The summed E-state index contributed by atoms with van der Waals surface area (Å²) in [5, 5.41) is 5.18. The Labute approximate surface area is 155 Å². The second-order valence-electron chi connectivity index (χ2n) is 8.15. The van der Waals surface area contributed by atoms with Gasteiger partial charge in [0.05, 0.1) is 9.79 Å². The summed E-state index contributed by atoms with van der Waals surface area (Å²) in [6, 6.07) is 5.45. The molecule has 0 aliphatic heterocycles. The quantitative estimate of drug-likeness (QED) is 0.822. The van der Waals surface area contributed by atoms with E-state index in [-0.39, 0.29) is 15.8 Å². The molecule has 0 saturated heterocycles. The largest absolute Gasteiger partial charge is 0.243 e. The highest BCUT2D eigenvalue weighted by Crippen LogP contribution is 2.55. The van der Waals surface area contributed by atoms with E-state index in [4.69, 9.17) is 5.14 Å². The number of primary sulfonamides is 1. The Morgan fingerprint density at radius 3 is 2.00 bits per heavy atom. The molecule has 0 amide bonds. The molecule has 0 spiro atoms. The van der Waals surface area contributed by atoms with Gasteiger partial charge in [-0.1, -0.05) is 13.0 Å². The predicted molar refractivity (Wildman–Crippen MR) is 98.2 cm³/mol. The minimum Gasteiger partial charge on any atom is -0.225 e. The summed E-state index contributed by atoms with van der Waals surface area (Å²) in [5.41, 5.74) is 0. The minimum absolute atomic E-state index is 0.0136. The highest BCUT2D eigenvalue weighted by molar-refractivity contribution is 7.90. The minimum atomic E-state index is -3.94. The smallest absolute Gasteiger partial charge is 0.225 e. The van der Waals surface area contributed by atoms with E-state index >= 15 is 0 Å². The lowest BCUT2D eigenvalue weighted by atomic mass is 9.54. The van der Waals surface area contributed by atoms with E-state index in [1.54, 1.807) is 4.31 Å². The molecule has 4 aliphatic rings. The lowest BCUT2D eigenvalue weighted by Gasteiger charge is -2.56. The molecule has 0 aromatic heterocycles. The van der Waals surface area contributed by atoms with Crippen LogP contribution in [0.4, 0.5) is 0 Å². The molecule has 144 valence electrons. The zero-order valence-corrected chi connectivity index (χ0v) is 16.5. The average Bonchev–Trinajstić information content (AvgIpc) is 2.56. The summed E-state index contributed by atoms with van der Waals surface area (Å²) in [7, 11) is -7.71. The van der Waals surface area contributed by atoms with Gasteiger partial charge < -0.3 is 0 Å². The SMILES string of the molecule is CCN(C1C2CC3CC(C2)CC1C3)S(=O)(=O)c1cccc(S(N)(=O)=O)c1. The molecule has 4 saturated carbocycles. The van der Waals surface area contributed by atoms with Crippen LogP contribution < -0.4 is 5.14 Å². The monoisotopic (exact) mass is 398 g/mol. The molecule has 4 fully saturated rings. The molecule has 0 heterocycles. The predicted octanol–water partition coefficient (Wildman–Crippen LogP) is 2.17. The first-order valence-corrected chi connectivity index (χ1v) is 12.3. The normalized spacial score (nSPS) is 33.7. The maximum atomic E-state index is 13.4. The first kappa shape index (κ1) is 18.4. The number of hydrogen-bond donors (Lipinski definition) is 1. The van der Waals surface area contributed by atoms with Crippen LogP contribution in [-0.2, 0) is 20.0 Å². The highest BCUT2D eigenvalue weighted by Gasteiger charge is 2.52. The van der Waals surface area contributed by atoms with Gasteiger partial charge in [-0.15, -0.1) is 0 Å². The topological polar surface area (TPSA) is 97.5 Å². The van der Waals surface area contributed by atoms with Crippen LogP contribution in [0.3, 0.4) is 0 Å². The Bertz CT molecular complexity index is 883. The van der Waals surface area contributed by atoms with E-state index in [1.807, 2.05) is 6.92 Å². The van der Waals surface area contributed by atoms with Gasteiger partial charge in [0.1, 0.15) is 0 Å². The molecule has 2 N–H and O–H groups in total. The Balaban J connectivity index is 1.70. The van der Waals surface area contributed by atoms with Crippen LogP contribution in [0.1, 0.15) is 39.0 Å². The molecular weight excluding hydrogens is 372 g/mol. The van der Waals surface area contributed by atoms with Crippen LogP contribution in [0.5, 0.6) is 0 Å². The van der Waals surface area contributed by atoms with Crippen molar-refractivity contribution in [1.29, 1.82) is 0 Å². The van der Waals surface area contributed by atoms with Gasteiger partial charge in [0.15, 0.2) is 0 Å². The van der Waals surface area contributed by atoms with Gasteiger partial charge in [0.25, 0.3) is 0 Å². The standard InChI is InChI=1S/C18H26N2O4S2/c1-2-20(18-14-7-12-6-13(9-14)10-15(18)8-12)26(23,24)17-5-3-4-16(11-17)25(19,21)22/h3-5,11-15,18H,2,6-10H2,1H3,(H2,19,21,22). The first-order valence-electron chi connectivity index (χ1n) is 9.35. The highest BCUT2D eigenvalue weighted by atomic mass is 32.2. The summed E-state index contributed by atoms with van der Waals surface area (Å²) in [4.78, 5) is -0.153. The summed E-state index contributed by atoms with van der Waals surface area (Å²) in [6.45, 7) is 2.26. The van der Waals surface area contributed by atoms with E-state index in [0.717, 1.165) is 37.5 Å². The summed E-state index contributed by atoms with van der Waals surface area (Å²) < 4.78 is 51.6. The fourth-order valence-corrected chi connectivity index (χ4v) is 8.29. The van der Waals surface area contributed by atoms with Gasteiger partial charge in [-0.25, -0.2) is 22.0 Å². The Kier molecular flexibility index (Phi) is 4.45. The zero-order chi connectivity index (χ0) is 18.7. The number of nitrogens with zero attached hydrogens (tertiary/aromatic N) is 1. The van der Waals surface area contributed by atoms with Crippen molar-refractivity contribution >= 4 is 20.0 Å². The molecule has 1 aromatic carbocycles. The van der Waals surface area contributed by atoms with Gasteiger partial charge in [0, 0.05) is 12.6 Å². The molecule has 0 radical (unpaired) electrons. The van der Waals surface area contributed by atoms with E-state index in [0.29, 0.717) is 18.4 Å². The molecule has 0 unspecified atom stereocenters. The fourth-order valence-electron chi connectivity index (χ4n) is 5.85. The Hall–Kier alpha value is -0.960. The molecule has 4 aliphatic carbocycles. The van der Waals surface area contributed by atoms with Crippen molar-refractivity contribution in [3.8, 4) is 0 Å². The van der Waals surface area contributed by atoms with Crippen molar-refractivity contribution in [3.63, 3.8) is 0 Å². The van der Waals surface area contributed by atoms with Crippen molar-refractivity contribution < 1.29 is 16.8 Å². The molecule has 1 aromatic rings. The van der Waals surface area contributed by atoms with Crippen LogP contribution in [-0.4, -0.2) is 33.7 Å². The molecule has 26 heavy (non-hydrogen) atoms. The average molecular weight is 399 g/mol. The maximum Gasteiger partial charge on any atom is 0.243 e. The van der Waals surface area contributed by atoms with Crippen LogP contribution in [0.25, 0.3) is 0 Å². The first-order chi connectivity index (χ1) is 12.2. The van der Waals surface area contributed by atoms with Crippen LogP contribution >= 0.6 is 0 Å². The molecule has 8 heteroatoms. The number of sulfonamides is 2. The third-order valence-electron chi connectivity index (χ3n) is 6.56. The van der Waals surface area contributed by atoms with Crippen LogP contribution in [0, 0.1) is 23.7 Å². The lowest BCUT2D eigenvalue weighted by Crippen LogP contribution is -2.57. The second kappa shape index (κ2) is 6.29. The van der Waals surface area contributed by atoms with Crippen LogP contribution in [0.2, 0.25) is 0 Å². The van der Waals surface area contributed by atoms with Crippen molar-refractivity contribution in [3.05, 3.63) is 24.3 Å². The third-order valence-corrected chi connectivity index (χ3v) is 9.44. The lowest BCUT2D eigenvalue weighted by molar-refractivity contribution is -0.0393. The van der Waals surface area contributed by atoms with Gasteiger partial charge in [-0.3, -0.25) is 0 Å². The van der Waals surface area contributed by atoms with Crippen molar-refractivity contribution in [2.75, 3.05) is 6.54 Å². The Morgan fingerprint density at radius 1 is 0.962 bits per heavy atom. The molecule has 6 nitrogen and oxygen atoms in total. The van der Waals surface area contributed by atoms with E-state index in [1.165, 1.54) is 30.7 Å². The summed E-state index contributed by atoms with van der Waals surface area (Å²) in [6.07, 6.45) is 5.82. The van der Waals surface area contributed by atoms with Gasteiger partial charge >= 0.3 is 0 Å². The molecular formula is C18H26N2O4S2. The van der Waals surface area contributed by atoms with Crippen LogP contribution in [0.15, 0.2) is 34.1 Å². The summed E-state index contributed by atoms with van der Waals surface area (Å²) >= 11 is 0. The second-order valence-corrected chi connectivity index (χ2v) is 11.6. The van der Waals surface area contributed by atoms with Gasteiger partial charge in [-0.2, -0.15) is 4.31 Å². The number of hydrogen-bond acceptors (Lipinski definition) is 4. The van der Waals surface area contributed by atoms with E-state index < -0.39 is 20.0 Å². The number of benzene rings is 1. The van der Waals surface area contributed by atoms with E-state index in [9.17, 15) is 16.8 Å². The fraction of sp³-hybridized carbons (Fsp3) is 0.667. The number of nitrogens with two attached hydrogens (primary N) is 1. The van der Waals surface area contributed by atoms with Gasteiger partial charge in [-0.05, 0) is 74.0 Å². The van der Waals surface area contributed by atoms with Gasteiger partial charge in [0.2, 0.25) is 20.0 Å². The van der Waals surface area contributed by atoms with Crippen molar-refractivity contribution in [2.45, 2.75) is 54.9 Å². The number of rotatable bonds is 5. The maximum absolute atomic E-state index is 13.4. The summed E-state index contributed by atoms with van der Waals surface area (Å²) in [5.74, 6) is 2.39. The van der Waals surface area contributed by atoms with E-state index in [2.05, 4.69) is 0 Å². The zero-order valence-electron chi connectivity index (χ0n) is 14.9. The molecule has 0 atom stereocenters. The Morgan fingerprint density at radius 2 is 1.50 bits per heavy atom. The third kappa shape index (κ3) is 3.00. The van der Waals surface area contributed by atoms with Crippen molar-refractivity contribution in [1.82, 2.24) is 4.31 Å². The van der Waals surface area contributed by atoms with Crippen molar-refractivity contribution in [2.24, 2.45) is 28.8 Å². The molecule has 4 bridgehead atoms.